The summed E-state index contributed by atoms with van der Waals surface area (Å²) < 4.78 is 11.2. The highest BCUT2D eigenvalue weighted by molar-refractivity contribution is 5.92. The predicted octanol–water partition coefficient (Wildman–Crippen LogP) is 1.23. The van der Waals surface area contributed by atoms with Crippen LogP contribution in [0.1, 0.15) is 28.9 Å². The van der Waals surface area contributed by atoms with Crippen molar-refractivity contribution in [1.82, 2.24) is 20.2 Å². The molecule has 0 radical (unpaired) electrons. The second-order valence-electron chi connectivity index (χ2n) is 6.28. The van der Waals surface area contributed by atoms with Crippen molar-refractivity contribution in [3.05, 3.63) is 48.4 Å². The van der Waals surface area contributed by atoms with Gasteiger partial charge in [0.1, 0.15) is 5.69 Å². The summed E-state index contributed by atoms with van der Waals surface area (Å²) in [4.78, 5) is 22.8. The number of aromatic nitrogens is 2. The van der Waals surface area contributed by atoms with Crippen LogP contribution in [0.2, 0.25) is 0 Å². The van der Waals surface area contributed by atoms with Crippen molar-refractivity contribution in [1.29, 1.82) is 0 Å². The lowest BCUT2D eigenvalue weighted by atomic mass is 10.0. The molecule has 2 fully saturated rings. The number of carbonyl (C=O) groups is 1. The average molecular weight is 328 g/mol. The molecule has 4 heterocycles. The maximum Gasteiger partial charge on any atom is 0.271 e. The molecule has 1 amide bonds. The SMILES string of the molecule is O=C(N[C@H]1CN(Cc2ccoc2)[C@H]2CCCO[C@@H]12)c1cnccn1. The first-order chi connectivity index (χ1) is 11.8. The van der Waals surface area contributed by atoms with E-state index in [0.29, 0.717) is 11.7 Å². The molecule has 7 heteroatoms. The molecule has 0 aromatic carbocycles. The number of nitrogens with zero attached hydrogens (tertiary/aromatic N) is 3. The molecule has 1 N–H and O–H groups in total. The second kappa shape index (κ2) is 6.70. The van der Waals surface area contributed by atoms with Crippen LogP contribution in [0.5, 0.6) is 0 Å². The molecule has 126 valence electrons. The number of furan rings is 1. The first kappa shape index (κ1) is 15.3. The van der Waals surface area contributed by atoms with Gasteiger partial charge in [-0.1, -0.05) is 0 Å². The summed E-state index contributed by atoms with van der Waals surface area (Å²) in [5, 5.41) is 3.07. The van der Waals surface area contributed by atoms with Gasteiger partial charge >= 0.3 is 0 Å². The van der Waals surface area contributed by atoms with Crippen molar-refractivity contribution in [3.8, 4) is 0 Å². The van der Waals surface area contributed by atoms with E-state index in [4.69, 9.17) is 9.15 Å². The van der Waals surface area contributed by atoms with Crippen LogP contribution in [0, 0.1) is 0 Å². The zero-order valence-electron chi connectivity index (χ0n) is 13.3. The summed E-state index contributed by atoms with van der Waals surface area (Å²) in [7, 11) is 0. The molecule has 2 aromatic rings. The third-order valence-corrected chi connectivity index (χ3v) is 4.71. The lowest BCUT2D eigenvalue weighted by molar-refractivity contribution is -0.0211. The Morgan fingerprint density at radius 1 is 1.42 bits per heavy atom. The largest absolute Gasteiger partial charge is 0.472 e. The zero-order chi connectivity index (χ0) is 16.4. The Morgan fingerprint density at radius 2 is 2.38 bits per heavy atom. The van der Waals surface area contributed by atoms with E-state index < -0.39 is 0 Å². The molecular weight excluding hydrogens is 308 g/mol. The summed E-state index contributed by atoms with van der Waals surface area (Å²) >= 11 is 0. The smallest absolute Gasteiger partial charge is 0.271 e. The standard InChI is InChI=1S/C17H20N4O3/c22-17(13-8-18-4-5-19-13)20-14-10-21(9-12-3-7-23-11-12)15-2-1-6-24-16(14)15/h3-5,7-8,11,14-16H,1-2,6,9-10H2,(H,20,22)/t14-,15-,16-/m0/s1. The maximum absolute atomic E-state index is 12.4. The lowest BCUT2D eigenvalue weighted by Gasteiger charge is -2.32. The van der Waals surface area contributed by atoms with Crippen LogP contribution in [0.15, 0.2) is 41.6 Å². The maximum atomic E-state index is 12.4. The van der Waals surface area contributed by atoms with Crippen molar-refractivity contribution in [2.75, 3.05) is 13.2 Å². The summed E-state index contributed by atoms with van der Waals surface area (Å²) in [5.74, 6) is -0.203. The van der Waals surface area contributed by atoms with Crippen LogP contribution in [0.3, 0.4) is 0 Å². The van der Waals surface area contributed by atoms with Gasteiger partial charge in [0.25, 0.3) is 5.91 Å². The molecule has 2 saturated heterocycles. The van der Waals surface area contributed by atoms with Gasteiger partial charge in [-0.25, -0.2) is 4.98 Å². The minimum atomic E-state index is -0.203. The zero-order valence-corrected chi connectivity index (χ0v) is 13.3. The Labute approximate surface area is 140 Å². The Hall–Kier alpha value is -2.25. The van der Waals surface area contributed by atoms with Gasteiger partial charge in [0.2, 0.25) is 0 Å². The first-order valence-corrected chi connectivity index (χ1v) is 8.25. The van der Waals surface area contributed by atoms with E-state index in [1.807, 2.05) is 6.07 Å². The summed E-state index contributed by atoms with van der Waals surface area (Å²) in [6.45, 7) is 2.31. The Balaban J connectivity index is 1.47. The number of fused-ring (bicyclic) bond motifs is 1. The number of amides is 1. The summed E-state index contributed by atoms with van der Waals surface area (Å²) in [6, 6.07) is 2.25. The molecule has 2 aliphatic heterocycles. The number of rotatable bonds is 4. The van der Waals surface area contributed by atoms with Crippen molar-refractivity contribution in [2.24, 2.45) is 0 Å². The van der Waals surface area contributed by atoms with E-state index in [2.05, 4.69) is 20.2 Å². The van der Waals surface area contributed by atoms with Gasteiger partial charge < -0.3 is 14.5 Å². The average Bonchev–Trinajstić information content (AvgIpc) is 3.25. The van der Waals surface area contributed by atoms with Crippen molar-refractivity contribution in [3.63, 3.8) is 0 Å². The van der Waals surface area contributed by atoms with Crippen molar-refractivity contribution < 1.29 is 13.9 Å². The third kappa shape index (κ3) is 3.05. The summed E-state index contributed by atoms with van der Waals surface area (Å²) in [5.41, 5.74) is 1.47. The van der Waals surface area contributed by atoms with E-state index in [-0.39, 0.29) is 18.1 Å². The van der Waals surface area contributed by atoms with Gasteiger partial charge in [-0.05, 0) is 18.9 Å². The summed E-state index contributed by atoms with van der Waals surface area (Å²) in [6.07, 6.45) is 10.2. The monoisotopic (exact) mass is 328 g/mol. The number of hydrogen-bond acceptors (Lipinski definition) is 6. The van der Waals surface area contributed by atoms with Gasteiger partial charge in [0.05, 0.1) is 30.9 Å². The fraction of sp³-hybridized carbons (Fsp3) is 0.471. The van der Waals surface area contributed by atoms with Crippen molar-refractivity contribution >= 4 is 5.91 Å². The van der Waals surface area contributed by atoms with Crippen LogP contribution >= 0.6 is 0 Å². The van der Waals surface area contributed by atoms with E-state index in [0.717, 1.165) is 38.1 Å². The van der Waals surface area contributed by atoms with Crippen LogP contribution < -0.4 is 5.32 Å². The normalized spacial score (nSPS) is 26.9. The van der Waals surface area contributed by atoms with Crippen LogP contribution in [-0.4, -0.2) is 52.1 Å². The molecular formula is C17H20N4O3. The number of likely N-dealkylation sites (tertiary alicyclic amines) is 1. The molecule has 2 aliphatic rings. The molecule has 4 rings (SSSR count). The van der Waals surface area contributed by atoms with Crippen molar-refractivity contribution in [2.45, 2.75) is 37.6 Å². The molecule has 0 aliphatic carbocycles. The highest BCUT2D eigenvalue weighted by Gasteiger charge is 2.44. The quantitative estimate of drug-likeness (QED) is 0.909. The fourth-order valence-electron chi connectivity index (χ4n) is 3.64. The topological polar surface area (TPSA) is 80.5 Å². The Kier molecular flexibility index (Phi) is 4.27. The third-order valence-electron chi connectivity index (χ3n) is 4.71. The van der Waals surface area contributed by atoms with Crippen LogP contribution in [0.4, 0.5) is 0 Å². The fourth-order valence-corrected chi connectivity index (χ4v) is 3.64. The van der Waals surface area contributed by atoms with E-state index in [9.17, 15) is 4.79 Å². The number of hydrogen-bond donors (Lipinski definition) is 1. The number of carbonyl (C=O) groups excluding carboxylic acids is 1. The number of ether oxygens (including phenoxy) is 1. The molecule has 0 unspecified atom stereocenters. The molecule has 0 spiro atoms. The molecule has 24 heavy (non-hydrogen) atoms. The number of nitrogens with one attached hydrogen (secondary N) is 1. The van der Waals surface area contributed by atoms with E-state index in [1.165, 1.54) is 12.4 Å². The van der Waals surface area contributed by atoms with E-state index in [1.54, 1.807) is 18.7 Å². The second-order valence-corrected chi connectivity index (χ2v) is 6.28. The highest BCUT2D eigenvalue weighted by Crippen LogP contribution is 2.30. The van der Waals surface area contributed by atoms with E-state index >= 15 is 0 Å². The highest BCUT2D eigenvalue weighted by atomic mass is 16.5. The van der Waals surface area contributed by atoms with Gasteiger partial charge in [-0.2, -0.15) is 0 Å². The molecule has 7 nitrogen and oxygen atoms in total. The molecule has 0 bridgehead atoms. The lowest BCUT2D eigenvalue weighted by Crippen LogP contribution is -2.47. The molecule has 2 aromatic heterocycles. The predicted molar refractivity (Wildman–Crippen MR) is 85.2 cm³/mol. The minimum absolute atomic E-state index is 0.0197. The molecule has 0 saturated carbocycles. The molecule has 3 atom stereocenters. The Morgan fingerprint density at radius 3 is 3.17 bits per heavy atom. The van der Waals surface area contributed by atoms with Gasteiger partial charge in [-0.15, -0.1) is 0 Å². The van der Waals surface area contributed by atoms with Crippen LogP contribution in [-0.2, 0) is 11.3 Å². The van der Waals surface area contributed by atoms with Crippen LogP contribution in [0.25, 0.3) is 0 Å². The van der Waals surface area contributed by atoms with Gasteiger partial charge in [0, 0.05) is 43.7 Å². The van der Waals surface area contributed by atoms with Gasteiger partial charge in [0.15, 0.2) is 0 Å². The Bertz CT molecular complexity index is 676. The van der Waals surface area contributed by atoms with Gasteiger partial charge in [-0.3, -0.25) is 14.7 Å². The first-order valence-electron chi connectivity index (χ1n) is 8.25. The minimum Gasteiger partial charge on any atom is -0.472 e.